The number of carbonyl (C=O) groups excluding carboxylic acids is 1. The molecule has 4 nitrogen and oxygen atoms in total. The zero-order chi connectivity index (χ0) is 11.5. The molecule has 0 bridgehead atoms. The molecule has 0 spiro atoms. The highest BCUT2D eigenvalue weighted by molar-refractivity contribution is 5.91. The van der Waals surface area contributed by atoms with Crippen LogP contribution in [0.5, 0.6) is 0 Å². The van der Waals surface area contributed by atoms with Crippen LogP contribution in [0.1, 0.15) is 35.6 Å². The van der Waals surface area contributed by atoms with Crippen LogP contribution < -0.4 is 5.73 Å². The van der Waals surface area contributed by atoms with Gasteiger partial charge in [-0.15, -0.1) is 0 Å². The van der Waals surface area contributed by atoms with Crippen LogP contribution in [0.15, 0.2) is 16.5 Å². The number of furan rings is 1. The zero-order valence-corrected chi connectivity index (χ0v) is 9.61. The van der Waals surface area contributed by atoms with Crippen molar-refractivity contribution in [3.63, 3.8) is 0 Å². The van der Waals surface area contributed by atoms with Gasteiger partial charge in [0.15, 0.2) is 5.76 Å². The second kappa shape index (κ2) is 4.70. The second-order valence-electron chi connectivity index (χ2n) is 4.28. The van der Waals surface area contributed by atoms with E-state index in [4.69, 9.17) is 10.2 Å². The molecule has 1 aromatic heterocycles. The van der Waals surface area contributed by atoms with Crippen molar-refractivity contribution in [2.45, 2.75) is 32.2 Å². The molecule has 2 N–H and O–H groups in total. The summed E-state index contributed by atoms with van der Waals surface area (Å²) in [6, 6.07) is 3.91. The smallest absolute Gasteiger partial charge is 0.289 e. The number of nitrogens with two attached hydrogens (primary N) is 1. The number of carbonyl (C=O) groups is 1. The largest absolute Gasteiger partial charge is 0.456 e. The molecule has 2 rings (SSSR count). The highest BCUT2D eigenvalue weighted by atomic mass is 16.3. The summed E-state index contributed by atoms with van der Waals surface area (Å²) in [5, 5.41) is 0. The lowest BCUT2D eigenvalue weighted by Gasteiger charge is -2.36. The number of amides is 1. The molecule has 1 amide bonds. The first-order valence-electron chi connectivity index (χ1n) is 5.80. The Balaban J connectivity index is 2.09. The SMILES string of the molecule is Cc1ccc(C(=O)N(CCN)C2CCC2)o1. The molecule has 0 atom stereocenters. The molecular weight excluding hydrogens is 204 g/mol. The molecule has 1 aromatic rings. The molecule has 88 valence electrons. The summed E-state index contributed by atoms with van der Waals surface area (Å²) in [6.45, 7) is 2.96. The van der Waals surface area contributed by atoms with E-state index < -0.39 is 0 Å². The fourth-order valence-electron chi connectivity index (χ4n) is 1.98. The maximum atomic E-state index is 12.2. The Hall–Kier alpha value is -1.29. The van der Waals surface area contributed by atoms with Gasteiger partial charge in [-0.3, -0.25) is 4.79 Å². The molecule has 1 heterocycles. The van der Waals surface area contributed by atoms with Gasteiger partial charge >= 0.3 is 0 Å². The molecule has 1 aliphatic carbocycles. The molecule has 0 aromatic carbocycles. The Morgan fingerprint density at radius 2 is 2.31 bits per heavy atom. The van der Waals surface area contributed by atoms with Crippen LogP contribution in [-0.2, 0) is 0 Å². The quantitative estimate of drug-likeness (QED) is 0.840. The lowest BCUT2D eigenvalue weighted by Crippen LogP contribution is -2.46. The van der Waals surface area contributed by atoms with Gasteiger partial charge in [0.2, 0.25) is 0 Å². The average Bonchev–Trinajstić information content (AvgIpc) is 2.60. The Kier molecular flexibility index (Phi) is 3.29. The lowest BCUT2D eigenvalue weighted by atomic mass is 9.91. The topological polar surface area (TPSA) is 59.5 Å². The molecule has 1 aliphatic rings. The van der Waals surface area contributed by atoms with E-state index in [0.29, 0.717) is 24.9 Å². The lowest BCUT2D eigenvalue weighted by molar-refractivity contribution is 0.0555. The van der Waals surface area contributed by atoms with Gasteiger partial charge in [-0.1, -0.05) is 0 Å². The maximum Gasteiger partial charge on any atom is 0.289 e. The Morgan fingerprint density at radius 3 is 2.75 bits per heavy atom. The van der Waals surface area contributed by atoms with Crippen LogP contribution in [0.2, 0.25) is 0 Å². The third-order valence-electron chi connectivity index (χ3n) is 3.10. The summed E-state index contributed by atoms with van der Waals surface area (Å²) in [6.07, 6.45) is 3.38. The molecule has 4 heteroatoms. The molecule has 1 fully saturated rings. The van der Waals surface area contributed by atoms with E-state index in [1.807, 2.05) is 17.9 Å². The molecule has 0 aliphatic heterocycles. The highest BCUT2D eigenvalue weighted by Gasteiger charge is 2.30. The predicted octanol–water partition coefficient (Wildman–Crippen LogP) is 1.54. The molecular formula is C12H18N2O2. The van der Waals surface area contributed by atoms with E-state index in [0.717, 1.165) is 18.6 Å². The number of nitrogens with zero attached hydrogens (tertiary/aromatic N) is 1. The van der Waals surface area contributed by atoms with Crippen molar-refractivity contribution in [1.29, 1.82) is 0 Å². The van der Waals surface area contributed by atoms with Crippen molar-refractivity contribution >= 4 is 5.91 Å². The van der Waals surface area contributed by atoms with Crippen molar-refractivity contribution in [2.75, 3.05) is 13.1 Å². The Bertz CT molecular complexity index is 369. The van der Waals surface area contributed by atoms with Gasteiger partial charge in [0, 0.05) is 19.1 Å². The molecule has 0 radical (unpaired) electrons. The standard InChI is InChI=1S/C12H18N2O2/c1-9-5-6-11(16-9)12(15)14(8-7-13)10-3-2-4-10/h5-6,10H,2-4,7-8,13H2,1H3. The van der Waals surface area contributed by atoms with Crippen molar-refractivity contribution < 1.29 is 9.21 Å². The van der Waals surface area contributed by atoms with Crippen LogP contribution in [0.25, 0.3) is 0 Å². The number of aryl methyl sites for hydroxylation is 1. The van der Waals surface area contributed by atoms with Gasteiger partial charge in [0.1, 0.15) is 5.76 Å². The van der Waals surface area contributed by atoms with Crippen molar-refractivity contribution in [1.82, 2.24) is 4.90 Å². The van der Waals surface area contributed by atoms with E-state index >= 15 is 0 Å². The first-order valence-corrected chi connectivity index (χ1v) is 5.80. The summed E-state index contributed by atoms with van der Waals surface area (Å²) in [7, 11) is 0. The third-order valence-corrected chi connectivity index (χ3v) is 3.10. The van der Waals surface area contributed by atoms with Crippen LogP contribution in [0.3, 0.4) is 0 Å². The first kappa shape index (κ1) is 11.2. The normalized spacial score (nSPS) is 15.9. The zero-order valence-electron chi connectivity index (χ0n) is 9.61. The molecule has 0 saturated heterocycles. The van der Waals surface area contributed by atoms with Gasteiger partial charge in [0.05, 0.1) is 0 Å². The van der Waals surface area contributed by atoms with E-state index in [1.165, 1.54) is 6.42 Å². The minimum atomic E-state index is -0.0248. The van der Waals surface area contributed by atoms with Gasteiger partial charge in [-0.25, -0.2) is 0 Å². The summed E-state index contributed by atoms with van der Waals surface area (Å²) in [5.74, 6) is 1.17. The van der Waals surface area contributed by atoms with Crippen LogP contribution >= 0.6 is 0 Å². The number of hydrogen-bond acceptors (Lipinski definition) is 3. The number of hydrogen-bond donors (Lipinski definition) is 1. The Labute approximate surface area is 95.4 Å². The predicted molar refractivity (Wildman–Crippen MR) is 61.2 cm³/mol. The summed E-state index contributed by atoms with van der Waals surface area (Å²) in [5.41, 5.74) is 5.54. The average molecular weight is 222 g/mol. The minimum Gasteiger partial charge on any atom is -0.456 e. The fraction of sp³-hybridized carbons (Fsp3) is 0.583. The fourth-order valence-corrected chi connectivity index (χ4v) is 1.98. The van der Waals surface area contributed by atoms with E-state index in [2.05, 4.69) is 0 Å². The van der Waals surface area contributed by atoms with Crippen LogP contribution in [0.4, 0.5) is 0 Å². The third kappa shape index (κ3) is 2.11. The monoisotopic (exact) mass is 222 g/mol. The summed E-state index contributed by atoms with van der Waals surface area (Å²) < 4.78 is 5.36. The van der Waals surface area contributed by atoms with Crippen molar-refractivity contribution in [2.24, 2.45) is 5.73 Å². The van der Waals surface area contributed by atoms with Crippen molar-refractivity contribution in [3.8, 4) is 0 Å². The summed E-state index contributed by atoms with van der Waals surface area (Å²) in [4.78, 5) is 14.0. The van der Waals surface area contributed by atoms with Gasteiger partial charge < -0.3 is 15.1 Å². The van der Waals surface area contributed by atoms with Gasteiger partial charge in [0.25, 0.3) is 5.91 Å². The van der Waals surface area contributed by atoms with Crippen LogP contribution in [-0.4, -0.2) is 29.9 Å². The van der Waals surface area contributed by atoms with Crippen LogP contribution in [0, 0.1) is 6.92 Å². The van der Waals surface area contributed by atoms with Gasteiger partial charge in [-0.05, 0) is 38.3 Å². The van der Waals surface area contributed by atoms with E-state index in [1.54, 1.807) is 6.07 Å². The number of rotatable bonds is 4. The minimum absolute atomic E-state index is 0.0248. The molecule has 1 saturated carbocycles. The molecule has 0 unspecified atom stereocenters. The highest BCUT2D eigenvalue weighted by Crippen LogP contribution is 2.26. The van der Waals surface area contributed by atoms with Gasteiger partial charge in [-0.2, -0.15) is 0 Å². The van der Waals surface area contributed by atoms with E-state index in [9.17, 15) is 4.79 Å². The first-order chi connectivity index (χ1) is 7.72. The van der Waals surface area contributed by atoms with E-state index in [-0.39, 0.29) is 5.91 Å². The summed E-state index contributed by atoms with van der Waals surface area (Å²) >= 11 is 0. The van der Waals surface area contributed by atoms with Crippen molar-refractivity contribution in [3.05, 3.63) is 23.7 Å². The maximum absolute atomic E-state index is 12.2. The second-order valence-corrected chi connectivity index (χ2v) is 4.28. The molecule has 16 heavy (non-hydrogen) atoms. The Morgan fingerprint density at radius 1 is 1.56 bits per heavy atom.